The minimum atomic E-state index is -1.09. The van der Waals surface area contributed by atoms with Crippen molar-refractivity contribution in [2.45, 2.75) is 31.7 Å². The number of amides is 2. The van der Waals surface area contributed by atoms with Crippen LogP contribution in [0.4, 0.5) is 0 Å². The molecule has 1 fully saturated rings. The number of nitrogens with zero attached hydrogens (tertiary/aromatic N) is 1. The Hall–Kier alpha value is -3.50. The molecule has 0 saturated carbocycles. The van der Waals surface area contributed by atoms with Crippen LogP contribution in [0.3, 0.4) is 0 Å². The lowest BCUT2D eigenvalue weighted by molar-refractivity contribution is -0.146. The molecule has 1 aliphatic rings. The number of rotatable bonds is 6. The number of benzene rings is 4. The average molecular weight is 538 g/mol. The maximum atomic E-state index is 14.6. The van der Waals surface area contributed by atoms with Crippen molar-refractivity contribution in [3.63, 3.8) is 0 Å². The predicted octanol–water partition coefficient (Wildman–Crippen LogP) is 7.31. The molecule has 0 radical (unpaired) electrons. The minimum Gasteiger partial charge on any atom is -0.274 e. The largest absolute Gasteiger partial charge is 0.274 e. The van der Waals surface area contributed by atoms with E-state index in [4.69, 9.17) is 0 Å². The van der Waals surface area contributed by atoms with E-state index in [0.717, 1.165) is 26.7 Å². The highest BCUT2D eigenvalue weighted by molar-refractivity contribution is 9.10. The molecule has 1 aliphatic heterocycles. The molecule has 1 heterocycles. The third kappa shape index (κ3) is 3.81. The van der Waals surface area contributed by atoms with Crippen LogP contribution in [0.1, 0.15) is 48.4 Å². The molecule has 180 valence electrons. The van der Waals surface area contributed by atoms with E-state index in [9.17, 15) is 9.59 Å². The SMILES string of the molecule is CC(c1ccc(Br)cc1)[C@]1(C)CC(=O)N(C(c2ccccc2)(c2ccccc2)c2ccccc2)C1=O. The van der Waals surface area contributed by atoms with Gasteiger partial charge in [0.15, 0.2) is 0 Å². The fraction of sp³-hybridized carbons (Fsp3) is 0.188. The molecule has 0 bridgehead atoms. The molecule has 0 aromatic heterocycles. The third-order valence-electron chi connectivity index (χ3n) is 7.70. The van der Waals surface area contributed by atoms with Gasteiger partial charge in [-0.3, -0.25) is 14.5 Å². The highest BCUT2D eigenvalue weighted by Crippen LogP contribution is 2.52. The van der Waals surface area contributed by atoms with Crippen molar-refractivity contribution in [3.05, 3.63) is 142 Å². The van der Waals surface area contributed by atoms with Gasteiger partial charge in [-0.05, 0) is 47.2 Å². The van der Waals surface area contributed by atoms with Crippen LogP contribution in [0.2, 0.25) is 0 Å². The summed E-state index contributed by atoms with van der Waals surface area (Å²) in [4.78, 5) is 30.2. The van der Waals surface area contributed by atoms with Crippen LogP contribution in [-0.4, -0.2) is 16.7 Å². The summed E-state index contributed by atoms with van der Waals surface area (Å²) in [5, 5.41) is 0. The Morgan fingerprint density at radius 2 is 1.14 bits per heavy atom. The van der Waals surface area contributed by atoms with Gasteiger partial charge in [-0.1, -0.05) is 126 Å². The second kappa shape index (κ2) is 9.51. The Bertz CT molecular complexity index is 1270. The Labute approximate surface area is 220 Å². The molecule has 4 heteroatoms. The zero-order valence-corrected chi connectivity index (χ0v) is 22.0. The number of carbonyl (C=O) groups is 2. The van der Waals surface area contributed by atoms with Gasteiger partial charge >= 0.3 is 0 Å². The van der Waals surface area contributed by atoms with Gasteiger partial charge < -0.3 is 0 Å². The van der Waals surface area contributed by atoms with E-state index in [1.165, 1.54) is 0 Å². The first-order valence-corrected chi connectivity index (χ1v) is 13.0. The summed E-state index contributed by atoms with van der Waals surface area (Å²) >= 11 is 3.50. The van der Waals surface area contributed by atoms with Crippen molar-refractivity contribution in [2.24, 2.45) is 5.41 Å². The van der Waals surface area contributed by atoms with E-state index in [2.05, 4.69) is 15.9 Å². The van der Waals surface area contributed by atoms with Crippen LogP contribution in [-0.2, 0) is 15.1 Å². The highest BCUT2D eigenvalue weighted by atomic mass is 79.9. The number of imide groups is 1. The molecule has 0 spiro atoms. The van der Waals surface area contributed by atoms with E-state index < -0.39 is 11.0 Å². The van der Waals surface area contributed by atoms with Crippen LogP contribution in [0.15, 0.2) is 120 Å². The van der Waals surface area contributed by atoms with Crippen molar-refractivity contribution >= 4 is 27.7 Å². The van der Waals surface area contributed by atoms with E-state index in [0.29, 0.717) is 0 Å². The fourth-order valence-corrected chi connectivity index (χ4v) is 5.82. The summed E-state index contributed by atoms with van der Waals surface area (Å²) in [5.74, 6) is -0.463. The molecule has 2 atom stereocenters. The van der Waals surface area contributed by atoms with Gasteiger partial charge in [0, 0.05) is 10.9 Å². The van der Waals surface area contributed by atoms with Crippen LogP contribution >= 0.6 is 15.9 Å². The molecule has 0 N–H and O–H groups in total. The van der Waals surface area contributed by atoms with Gasteiger partial charge in [-0.2, -0.15) is 0 Å². The summed E-state index contributed by atoms with van der Waals surface area (Å²) in [6.45, 7) is 3.98. The summed E-state index contributed by atoms with van der Waals surface area (Å²) < 4.78 is 0.982. The summed E-state index contributed by atoms with van der Waals surface area (Å²) in [7, 11) is 0. The van der Waals surface area contributed by atoms with Crippen molar-refractivity contribution in [3.8, 4) is 0 Å². The minimum absolute atomic E-state index is 0.146. The zero-order valence-electron chi connectivity index (χ0n) is 20.4. The molecule has 4 aromatic carbocycles. The second-order valence-corrected chi connectivity index (χ2v) is 10.6. The number of hydrogen-bond acceptors (Lipinski definition) is 2. The molecule has 1 saturated heterocycles. The Morgan fingerprint density at radius 1 is 0.722 bits per heavy atom. The molecule has 2 amide bonds. The molecular formula is C32H28BrNO2. The number of hydrogen-bond donors (Lipinski definition) is 0. The van der Waals surface area contributed by atoms with Crippen LogP contribution in [0.5, 0.6) is 0 Å². The van der Waals surface area contributed by atoms with E-state index in [1.807, 2.05) is 129 Å². The fourth-order valence-electron chi connectivity index (χ4n) is 5.56. The predicted molar refractivity (Wildman–Crippen MR) is 146 cm³/mol. The Balaban J connectivity index is 1.74. The zero-order chi connectivity index (χ0) is 25.3. The van der Waals surface area contributed by atoms with Crippen molar-refractivity contribution in [2.75, 3.05) is 0 Å². The lowest BCUT2D eigenvalue weighted by Crippen LogP contribution is -2.52. The first kappa shape index (κ1) is 24.2. The monoisotopic (exact) mass is 537 g/mol. The number of carbonyl (C=O) groups excluding carboxylic acids is 2. The van der Waals surface area contributed by atoms with Crippen molar-refractivity contribution < 1.29 is 9.59 Å². The number of halogens is 1. The second-order valence-electron chi connectivity index (χ2n) is 9.71. The van der Waals surface area contributed by atoms with Crippen LogP contribution < -0.4 is 0 Å². The molecule has 5 rings (SSSR count). The Kier molecular flexibility index (Phi) is 6.40. The maximum absolute atomic E-state index is 14.6. The molecule has 3 nitrogen and oxygen atoms in total. The molecular weight excluding hydrogens is 510 g/mol. The quantitative estimate of drug-likeness (QED) is 0.191. The lowest BCUT2D eigenvalue weighted by atomic mass is 9.72. The standard InChI is InChI=1S/C32H28BrNO2/c1-23(24-18-20-28(33)21-19-24)31(2)22-29(35)34(30(31)36)32(25-12-6-3-7-13-25,26-14-8-4-9-15-26)27-16-10-5-11-17-27/h3-21,23H,22H2,1-2H3/t23?,31-/m0/s1. The third-order valence-corrected chi connectivity index (χ3v) is 8.22. The number of likely N-dealkylation sites (tertiary alicyclic amines) is 1. The summed E-state index contributed by atoms with van der Waals surface area (Å²) in [5.41, 5.74) is 1.70. The van der Waals surface area contributed by atoms with Gasteiger partial charge in [0.2, 0.25) is 11.8 Å². The van der Waals surface area contributed by atoms with Crippen LogP contribution in [0.25, 0.3) is 0 Å². The van der Waals surface area contributed by atoms with E-state index in [-0.39, 0.29) is 24.2 Å². The van der Waals surface area contributed by atoms with Gasteiger partial charge in [-0.15, -0.1) is 0 Å². The lowest BCUT2D eigenvalue weighted by Gasteiger charge is -2.43. The first-order valence-electron chi connectivity index (χ1n) is 12.2. The molecule has 1 unspecified atom stereocenters. The summed E-state index contributed by atoms with van der Waals surface area (Å²) in [6.07, 6.45) is 0.150. The van der Waals surface area contributed by atoms with E-state index >= 15 is 0 Å². The van der Waals surface area contributed by atoms with E-state index in [1.54, 1.807) is 4.90 Å². The van der Waals surface area contributed by atoms with Gasteiger partial charge in [0.25, 0.3) is 0 Å². The highest BCUT2D eigenvalue weighted by Gasteiger charge is 2.59. The maximum Gasteiger partial charge on any atom is 0.237 e. The van der Waals surface area contributed by atoms with Crippen LogP contribution in [0, 0.1) is 5.41 Å². The molecule has 0 aliphatic carbocycles. The van der Waals surface area contributed by atoms with Crippen molar-refractivity contribution in [1.29, 1.82) is 0 Å². The van der Waals surface area contributed by atoms with Gasteiger partial charge in [0.05, 0.1) is 5.41 Å². The smallest absolute Gasteiger partial charge is 0.237 e. The first-order chi connectivity index (χ1) is 17.4. The molecule has 36 heavy (non-hydrogen) atoms. The normalized spacial score (nSPS) is 18.9. The average Bonchev–Trinajstić information content (AvgIpc) is 3.15. The summed E-state index contributed by atoms with van der Waals surface area (Å²) in [6, 6.07) is 37.7. The molecule has 4 aromatic rings. The van der Waals surface area contributed by atoms with Gasteiger partial charge in [-0.25, -0.2) is 0 Å². The topological polar surface area (TPSA) is 37.4 Å². The Morgan fingerprint density at radius 3 is 1.56 bits per heavy atom. The van der Waals surface area contributed by atoms with Gasteiger partial charge in [0.1, 0.15) is 5.54 Å². The van der Waals surface area contributed by atoms with Crippen molar-refractivity contribution in [1.82, 2.24) is 4.90 Å².